The molecular weight excluding hydrogens is 202 g/mol. The minimum absolute atomic E-state index is 0.392. The summed E-state index contributed by atoms with van der Waals surface area (Å²) in [4.78, 5) is 10.8. The highest BCUT2D eigenvalue weighted by molar-refractivity contribution is 5.34. The standard InChI is InChI=1S/C11H19N5/c1-16-6-3-9(4-7-16)14-10-2-5-13-11(8-12)15-10/h2,5,9H,3-4,6-8,12H2,1H3,(H,13,14,15). The zero-order chi connectivity index (χ0) is 11.4. The van der Waals surface area contributed by atoms with E-state index in [2.05, 4.69) is 27.2 Å². The molecule has 0 amide bonds. The number of hydrogen-bond donors (Lipinski definition) is 2. The van der Waals surface area contributed by atoms with E-state index in [1.165, 1.54) is 12.8 Å². The van der Waals surface area contributed by atoms with E-state index in [1.54, 1.807) is 6.20 Å². The van der Waals surface area contributed by atoms with Gasteiger partial charge in [0.15, 0.2) is 0 Å². The van der Waals surface area contributed by atoms with Gasteiger partial charge in [-0.2, -0.15) is 0 Å². The van der Waals surface area contributed by atoms with Crippen molar-refractivity contribution in [2.75, 3.05) is 25.5 Å². The summed E-state index contributed by atoms with van der Waals surface area (Å²) in [6.07, 6.45) is 4.09. The number of aromatic nitrogens is 2. The van der Waals surface area contributed by atoms with Crippen molar-refractivity contribution in [1.82, 2.24) is 14.9 Å². The predicted octanol–water partition coefficient (Wildman–Crippen LogP) is 0.441. The number of hydrogen-bond acceptors (Lipinski definition) is 5. The number of nitrogens with two attached hydrogens (primary N) is 1. The molecule has 1 fully saturated rings. The second-order valence-corrected chi connectivity index (χ2v) is 4.28. The molecule has 16 heavy (non-hydrogen) atoms. The third kappa shape index (κ3) is 2.90. The minimum atomic E-state index is 0.392. The summed E-state index contributed by atoms with van der Waals surface area (Å²) in [5.74, 6) is 1.59. The molecule has 0 aromatic carbocycles. The van der Waals surface area contributed by atoms with Gasteiger partial charge < -0.3 is 16.0 Å². The second-order valence-electron chi connectivity index (χ2n) is 4.28. The third-order valence-corrected chi connectivity index (χ3v) is 2.96. The fourth-order valence-corrected chi connectivity index (χ4v) is 1.94. The topological polar surface area (TPSA) is 67.1 Å². The van der Waals surface area contributed by atoms with Gasteiger partial charge in [-0.1, -0.05) is 0 Å². The molecule has 5 nitrogen and oxygen atoms in total. The molecule has 1 aromatic rings. The molecule has 0 spiro atoms. The quantitative estimate of drug-likeness (QED) is 0.775. The number of anilines is 1. The lowest BCUT2D eigenvalue weighted by Gasteiger charge is -2.29. The van der Waals surface area contributed by atoms with Gasteiger partial charge >= 0.3 is 0 Å². The van der Waals surface area contributed by atoms with Crippen LogP contribution < -0.4 is 11.1 Å². The van der Waals surface area contributed by atoms with Crippen LogP contribution in [0.5, 0.6) is 0 Å². The van der Waals surface area contributed by atoms with Gasteiger partial charge in [-0.05, 0) is 39.0 Å². The predicted molar refractivity (Wildman–Crippen MR) is 64.1 cm³/mol. The lowest BCUT2D eigenvalue weighted by Crippen LogP contribution is -2.36. The van der Waals surface area contributed by atoms with Crippen LogP contribution in [-0.4, -0.2) is 41.0 Å². The molecule has 0 bridgehead atoms. The first-order valence-corrected chi connectivity index (χ1v) is 5.75. The van der Waals surface area contributed by atoms with E-state index in [0.29, 0.717) is 18.4 Å². The maximum absolute atomic E-state index is 5.51. The Morgan fingerprint density at radius 3 is 2.94 bits per heavy atom. The van der Waals surface area contributed by atoms with Crippen molar-refractivity contribution in [2.24, 2.45) is 5.73 Å². The average Bonchev–Trinajstić information content (AvgIpc) is 2.32. The van der Waals surface area contributed by atoms with Gasteiger partial charge in [0.2, 0.25) is 0 Å². The Balaban J connectivity index is 1.93. The van der Waals surface area contributed by atoms with Crippen molar-refractivity contribution >= 4 is 5.82 Å². The number of likely N-dealkylation sites (tertiary alicyclic amines) is 1. The van der Waals surface area contributed by atoms with Gasteiger partial charge in [0.1, 0.15) is 11.6 Å². The highest BCUT2D eigenvalue weighted by atomic mass is 15.1. The summed E-state index contributed by atoms with van der Waals surface area (Å²) in [5.41, 5.74) is 5.51. The van der Waals surface area contributed by atoms with Crippen molar-refractivity contribution < 1.29 is 0 Å². The van der Waals surface area contributed by atoms with Crippen LogP contribution in [0.2, 0.25) is 0 Å². The highest BCUT2D eigenvalue weighted by Gasteiger charge is 2.16. The van der Waals surface area contributed by atoms with Crippen LogP contribution in [-0.2, 0) is 6.54 Å². The second kappa shape index (κ2) is 5.23. The van der Waals surface area contributed by atoms with E-state index in [4.69, 9.17) is 5.73 Å². The Labute approximate surface area is 96.1 Å². The van der Waals surface area contributed by atoms with E-state index in [0.717, 1.165) is 18.9 Å². The van der Waals surface area contributed by atoms with Crippen LogP contribution in [0.3, 0.4) is 0 Å². The molecule has 1 aliphatic heterocycles. The van der Waals surface area contributed by atoms with Gasteiger partial charge in [0, 0.05) is 12.2 Å². The first-order valence-electron chi connectivity index (χ1n) is 5.75. The van der Waals surface area contributed by atoms with Crippen LogP contribution in [0.25, 0.3) is 0 Å². The molecule has 0 saturated carbocycles. The fraction of sp³-hybridized carbons (Fsp3) is 0.636. The zero-order valence-electron chi connectivity index (χ0n) is 9.69. The molecule has 0 aliphatic carbocycles. The van der Waals surface area contributed by atoms with E-state index in [9.17, 15) is 0 Å². The maximum Gasteiger partial charge on any atom is 0.144 e. The zero-order valence-corrected chi connectivity index (χ0v) is 9.69. The average molecular weight is 221 g/mol. The first kappa shape index (κ1) is 11.3. The largest absolute Gasteiger partial charge is 0.367 e. The molecule has 2 rings (SSSR count). The number of piperidine rings is 1. The van der Waals surface area contributed by atoms with Crippen LogP contribution >= 0.6 is 0 Å². The molecule has 0 unspecified atom stereocenters. The van der Waals surface area contributed by atoms with Gasteiger partial charge in [-0.25, -0.2) is 9.97 Å². The molecule has 1 aromatic heterocycles. The Bertz CT molecular complexity index is 333. The number of rotatable bonds is 3. The van der Waals surface area contributed by atoms with E-state index < -0.39 is 0 Å². The summed E-state index contributed by atoms with van der Waals surface area (Å²) in [5, 5.41) is 3.44. The molecule has 1 saturated heterocycles. The van der Waals surface area contributed by atoms with Crippen LogP contribution in [0.1, 0.15) is 18.7 Å². The Kier molecular flexibility index (Phi) is 3.69. The Hall–Kier alpha value is -1.20. The van der Waals surface area contributed by atoms with Crippen LogP contribution in [0.4, 0.5) is 5.82 Å². The molecule has 3 N–H and O–H groups in total. The van der Waals surface area contributed by atoms with Gasteiger partial charge in [-0.3, -0.25) is 0 Å². The normalized spacial score (nSPS) is 18.6. The number of nitrogens with zero attached hydrogens (tertiary/aromatic N) is 3. The Morgan fingerprint density at radius 2 is 2.25 bits per heavy atom. The number of nitrogens with one attached hydrogen (secondary N) is 1. The van der Waals surface area contributed by atoms with Crippen molar-refractivity contribution in [2.45, 2.75) is 25.4 Å². The van der Waals surface area contributed by atoms with Gasteiger partial charge in [0.25, 0.3) is 0 Å². The van der Waals surface area contributed by atoms with Crippen molar-refractivity contribution in [3.8, 4) is 0 Å². The minimum Gasteiger partial charge on any atom is -0.367 e. The molecular formula is C11H19N5. The third-order valence-electron chi connectivity index (χ3n) is 2.96. The summed E-state index contributed by atoms with van der Waals surface area (Å²) in [6, 6.07) is 2.43. The van der Waals surface area contributed by atoms with E-state index in [-0.39, 0.29) is 0 Å². The molecule has 0 atom stereocenters. The van der Waals surface area contributed by atoms with Crippen molar-refractivity contribution in [3.05, 3.63) is 18.1 Å². The maximum atomic E-state index is 5.51. The first-order chi connectivity index (χ1) is 7.78. The summed E-state index contributed by atoms with van der Waals surface area (Å²) in [7, 11) is 2.16. The Morgan fingerprint density at radius 1 is 1.50 bits per heavy atom. The molecule has 1 aliphatic rings. The van der Waals surface area contributed by atoms with Crippen LogP contribution in [0, 0.1) is 0 Å². The van der Waals surface area contributed by atoms with Gasteiger partial charge in [0.05, 0.1) is 6.54 Å². The lowest BCUT2D eigenvalue weighted by molar-refractivity contribution is 0.263. The summed E-state index contributed by atoms with van der Waals surface area (Å²) < 4.78 is 0. The molecule has 5 heteroatoms. The smallest absolute Gasteiger partial charge is 0.144 e. The molecule has 88 valence electrons. The monoisotopic (exact) mass is 221 g/mol. The van der Waals surface area contributed by atoms with Gasteiger partial charge in [-0.15, -0.1) is 0 Å². The molecule has 0 radical (unpaired) electrons. The lowest BCUT2D eigenvalue weighted by atomic mass is 10.1. The molecule has 2 heterocycles. The summed E-state index contributed by atoms with van der Waals surface area (Å²) >= 11 is 0. The fourth-order valence-electron chi connectivity index (χ4n) is 1.94. The van der Waals surface area contributed by atoms with E-state index in [1.807, 2.05) is 6.07 Å². The van der Waals surface area contributed by atoms with Crippen molar-refractivity contribution in [1.29, 1.82) is 0 Å². The van der Waals surface area contributed by atoms with E-state index >= 15 is 0 Å². The highest BCUT2D eigenvalue weighted by Crippen LogP contribution is 2.13. The summed E-state index contributed by atoms with van der Waals surface area (Å²) in [6.45, 7) is 2.68. The SMILES string of the molecule is CN1CCC(Nc2ccnc(CN)n2)CC1. The van der Waals surface area contributed by atoms with Crippen LogP contribution in [0.15, 0.2) is 12.3 Å². The van der Waals surface area contributed by atoms with Crippen molar-refractivity contribution in [3.63, 3.8) is 0 Å².